The highest BCUT2D eigenvalue weighted by Gasteiger charge is 2.13. The van der Waals surface area contributed by atoms with Crippen LogP contribution in [0.2, 0.25) is 0 Å². The fourth-order valence-electron chi connectivity index (χ4n) is 2.53. The van der Waals surface area contributed by atoms with Gasteiger partial charge in [-0.05, 0) is 30.3 Å². The molecular weight excluding hydrogens is 358 g/mol. The van der Waals surface area contributed by atoms with Gasteiger partial charge in [0.15, 0.2) is 0 Å². The molecule has 0 saturated carbocycles. The molecular formula is C21H19N3O4. The number of carbonyl (C=O) groups is 2. The van der Waals surface area contributed by atoms with Crippen LogP contribution in [-0.4, -0.2) is 31.0 Å². The first-order valence-electron chi connectivity index (χ1n) is 8.45. The van der Waals surface area contributed by atoms with E-state index in [2.05, 4.69) is 15.6 Å². The van der Waals surface area contributed by atoms with Crippen molar-refractivity contribution < 1.29 is 19.1 Å². The number of carbonyl (C=O) groups excluding carboxylic acids is 2. The van der Waals surface area contributed by atoms with Crippen LogP contribution >= 0.6 is 0 Å². The van der Waals surface area contributed by atoms with E-state index in [9.17, 15) is 9.59 Å². The number of anilines is 2. The molecule has 3 rings (SSSR count). The summed E-state index contributed by atoms with van der Waals surface area (Å²) >= 11 is 0. The minimum absolute atomic E-state index is 0.254. The Morgan fingerprint density at radius 2 is 1.54 bits per heavy atom. The summed E-state index contributed by atoms with van der Waals surface area (Å²) in [6, 6.07) is 15.5. The van der Waals surface area contributed by atoms with E-state index >= 15 is 0 Å². The average Bonchev–Trinajstić information content (AvgIpc) is 2.74. The highest BCUT2D eigenvalue weighted by molar-refractivity contribution is 6.08. The molecule has 7 nitrogen and oxygen atoms in total. The number of nitrogens with one attached hydrogen (secondary N) is 2. The molecule has 2 N–H and O–H groups in total. The molecule has 0 bridgehead atoms. The van der Waals surface area contributed by atoms with Crippen LogP contribution in [0, 0.1) is 0 Å². The van der Waals surface area contributed by atoms with Crippen molar-refractivity contribution >= 4 is 23.2 Å². The first kappa shape index (κ1) is 18.9. The number of hydrogen-bond acceptors (Lipinski definition) is 5. The first-order chi connectivity index (χ1) is 13.6. The summed E-state index contributed by atoms with van der Waals surface area (Å²) in [6.07, 6.45) is 2.79. The summed E-state index contributed by atoms with van der Waals surface area (Å²) in [4.78, 5) is 29.1. The second kappa shape index (κ2) is 8.68. The Morgan fingerprint density at radius 3 is 2.25 bits per heavy atom. The second-order valence-electron chi connectivity index (χ2n) is 5.80. The van der Waals surface area contributed by atoms with E-state index in [1.807, 2.05) is 0 Å². The number of rotatable bonds is 6. The third-order valence-electron chi connectivity index (χ3n) is 3.95. The van der Waals surface area contributed by atoms with Crippen LogP contribution in [0.15, 0.2) is 67.0 Å². The topological polar surface area (TPSA) is 89.5 Å². The van der Waals surface area contributed by atoms with Gasteiger partial charge < -0.3 is 20.1 Å². The van der Waals surface area contributed by atoms with Gasteiger partial charge >= 0.3 is 0 Å². The molecule has 0 saturated heterocycles. The first-order valence-corrected chi connectivity index (χ1v) is 8.45. The van der Waals surface area contributed by atoms with E-state index in [1.54, 1.807) is 55.6 Å². The molecule has 0 aliphatic carbocycles. The van der Waals surface area contributed by atoms with Gasteiger partial charge in [0.05, 0.1) is 31.0 Å². The van der Waals surface area contributed by atoms with Gasteiger partial charge in [-0.3, -0.25) is 14.6 Å². The highest BCUT2D eigenvalue weighted by atomic mass is 16.5. The van der Waals surface area contributed by atoms with Gasteiger partial charge in [-0.1, -0.05) is 18.2 Å². The zero-order chi connectivity index (χ0) is 19.9. The maximum absolute atomic E-state index is 12.5. The van der Waals surface area contributed by atoms with Gasteiger partial charge in [0.2, 0.25) is 0 Å². The van der Waals surface area contributed by atoms with Gasteiger partial charge in [-0.25, -0.2) is 0 Å². The number of aromatic nitrogens is 1. The maximum atomic E-state index is 12.5. The third-order valence-corrected chi connectivity index (χ3v) is 3.95. The molecule has 0 radical (unpaired) electrons. The zero-order valence-corrected chi connectivity index (χ0v) is 15.4. The summed E-state index contributed by atoms with van der Waals surface area (Å²) in [6.45, 7) is 0. The standard InChI is InChI=1S/C21H19N3O4/c1-27-17-7-5-6-16(11-17)23-20(25)14-10-15(13-22-12-14)21(26)24-18-8-3-4-9-19(18)28-2/h3-13H,1-2H3,(H,23,25)(H,24,26). The van der Waals surface area contributed by atoms with E-state index < -0.39 is 5.91 Å². The predicted octanol–water partition coefficient (Wildman–Crippen LogP) is 3.60. The Hall–Kier alpha value is -3.87. The van der Waals surface area contributed by atoms with E-state index in [-0.39, 0.29) is 17.0 Å². The lowest BCUT2D eigenvalue weighted by Crippen LogP contribution is -2.16. The average molecular weight is 377 g/mol. The third kappa shape index (κ3) is 4.45. The highest BCUT2D eigenvalue weighted by Crippen LogP contribution is 2.24. The number of hydrogen-bond donors (Lipinski definition) is 2. The lowest BCUT2D eigenvalue weighted by Gasteiger charge is -2.10. The van der Waals surface area contributed by atoms with Crippen molar-refractivity contribution in [2.24, 2.45) is 0 Å². The summed E-state index contributed by atoms with van der Waals surface area (Å²) < 4.78 is 10.4. The van der Waals surface area contributed by atoms with Crippen LogP contribution in [-0.2, 0) is 0 Å². The Kier molecular flexibility index (Phi) is 5.86. The van der Waals surface area contributed by atoms with Crippen molar-refractivity contribution in [3.8, 4) is 11.5 Å². The van der Waals surface area contributed by atoms with Gasteiger partial charge in [0.25, 0.3) is 11.8 Å². The minimum Gasteiger partial charge on any atom is -0.497 e. The lowest BCUT2D eigenvalue weighted by atomic mass is 10.1. The molecule has 3 aromatic rings. The Morgan fingerprint density at radius 1 is 0.821 bits per heavy atom. The number of ether oxygens (including phenoxy) is 2. The molecule has 7 heteroatoms. The van der Waals surface area contributed by atoms with Gasteiger partial charge in [0.1, 0.15) is 11.5 Å². The number of methoxy groups -OCH3 is 2. The molecule has 0 aliphatic rings. The quantitative estimate of drug-likeness (QED) is 0.685. The van der Waals surface area contributed by atoms with E-state index in [1.165, 1.54) is 25.6 Å². The SMILES string of the molecule is COc1cccc(NC(=O)c2cncc(C(=O)Nc3ccccc3OC)c2)c1. The van der Waals surface area contributed by atoms with Crippen molar-refractivity contribution in [3.63, 3.8) is 0 Å². The lowest BCUT2D eigenvalue weighted by molar-refractivity contribution is 0.102. The smallest absolute Gasteiger partial charge is 0.257 e. The fourth-order valence-corrected chi connectivity index (χ4v) is 2.53. The number of pyridine rings is 1. The molecule has 1 heterocycles. The molecule has 2 amide bonds. The molecule has 142 valence electrons. The van der Waals surface area contributed by atoms with Crippen molar-refractivity contribution in [1.29, 1.82) is 0 Å². The van der Waals surface area contributed by atoms with Crippen LogP contribution < -0.4 is 20.1 Å². The predicted molar refractivity (Wildman–Crippen MR) is 106 cm³/mol. The minimum atomic E-state index is -0.395. The largest absolute Gasteiger partial charge is 0.497 e. The molecule has 0 unspecified atom stereocenters. The fraction of sp³-hybridized carbons (Fsp3) is 0.0952. The monoisotopic (exact) mass is 377 g/mol. The van der Waals surface area contributed by atoms with Gasteiger partial charge in [-0.15, -0.1) is 0 Å². The molecule has 0 fully saturated rings. The molecule has 28 heavy (non-hydrogen) atoms. The zero-order valence-electron chi connectivity index (χ0n) is 15.4. The summed E-state index contributed by atoms with van der Waals surface area (Å²) in [5.41, 5.74) is 1.62. The van der Waals surface area contributed by atoms with E-state index in [4.69, 9.17) is 9.47 Å². The molecule has 2 aromatic carbocycles. The van der Waals surface area contributed by atoms with Crippen LogP contribution in [0.1, 0.15) is 20.7 Å². The summed E-state index contributed by atoms with van der Waals surface area (Å²) in [5.74, 6) is 0.386. The van der Waals surface area contributed by atoms with Crippen molar-refractivity contribution in [2.45, 2.75) is 0 Å². The maximum Gasteiger partial charge on any atom is 0.257 e. The molecule has 0 aliphatic heterocycles. The van der Waals surface area contributed by atoms with Crippen molar-refractivity contribution in [3.05, 3.63) is 78.1 Å². The number of benzene rings is 2. The molecule has 1 aromatic heterocycles. The van der Waals surface area contributed by atoms with E-state index in [0.717, 1.165) is 0 Å². The normalized spacial score (nSPS) is 10.1. The molecule has 0 atom stereocenters. The summed E-state index contributed by atoms with van der Waals surface area (Å²) in [7, 11) is 3.07. The van der Waals surface area contributed by atoms with E-state index in [0.29, 0.717) is 22.9 Å². The van der Waals surface area contributed by atoms with Crippen LogP contribution in [0.3, 0.4) is 0 Å². The van der Waals surface area contributed by atoms with Crippen molar-refractivity contribution in [1.82, 2.24) is 4.98 Å². The van der Waals surface area contributed by atoms with Crippen LogP contribution in [0.25, 0.3) is 0 Å². The second-order valence-corrected chi connectivity index (χ2v) is 5.80. The summed E-state index contributed by atoms with van der Waals surface area (Å²) in [5, 5.41) is 5.51. The molecule has 0 spiro atoms. The number of nitrogens with zero attached hydrogens (tertiary/aromatic N) is 1. The van der Waals surface area contributed by atoms with Crippen LogP contribution in [0.5, 0.6) is 11.5 Å². The Labute approximate surface area is 162 Å². The van der Waals surface area contributed by atoms with Gasteiger partial charge in [-0.2, -0.15) is 0 Å². The van der Waals surface area contributed by atoms with Crippen LogP contribution in [0.4, 0.5) is 11.4 Å². The van der Waals surface area contributed by atoms with Crippen molar-refractivity contribution in [2.75, 3.05) is 24.9 Å². The Bertz CT molecular complexity index is 1000. The number of para-hydroxylation sites is 2. The Balaban J connectivity index is 1.75. The van der Waals surface area contributed by atoms with Gasteiger partial charge in [0, 0.05) is 24.1 Å². The number of amides is 2.